The summed E-state index contributed by atoms with van der Waals surface area (Å²) in [5.74, 6) is 0.436. The van der Waals surface area contributed by atoms with Crippen molar-refractivity contribution in [3.8, 4) is 5.88 Å². The molecule has 1 unspecified atom stereocenters. The number of fused-ring (bicyclic) bond motifs is 1. The largest absolute Gasteiger partial charge is 0.480 e. The molecule has 2 aromatic rings. The molecule has 0 spiro atoms. The third-order valence-electron chi connectivity index (χ3n) is 5.26. The molecule has 1 aliphatic heterocycles. The Morgan fingerprint density at radius 1 is 1.36 bits per heavy atom. The van der Waals surface area contributed by atoms with Gasteiger partial charge in [-0.2, -0.15) is 0 Å². The Morgan fingerprint density at radius 3 is 2.85 bits per heavy atom. The number of amides is 1. The summed E-state index contributed by atoms with van der Waals surface area (Å²) in [4.78, 5) is 21.1. The average molecular weight is 460 g/mol. The summed E-state index contributed by atoms with van der Waals surface area (Å²) < 4.78 is 16.7. The van der Waals surface area contributed by atoms with Crippen LogP contribution in [0.5, 0.6) is 5.88 Å². The fraction of sp³-hybridized carbons (Fsp3) is 0.542. The fourth-order valence-electron chi connectivity index (χ4n) is 3.73. The van der Waals surface area contributed by atoms with E-state index in [0.29, 0.717) is 18.7 Å². The van der Waals surface area contributed by atoms with Crippen molar-refractivity contribution in [1.29, 1.82) is 0 Å². The maximum absolute atomic E-state index is 12.3. The molecule has 0 radical (unpaired) electrons. The van der Waals surface area contributed by atoms with Crippen molar-refractivity contribution < 1.29 is 29.2 Å². The van der Waals surface area contributed by atoms with Gasteiger partial charge in [-0.1, -0.05) is 24.3 Å². The molecule has 1 saturated heterocycles. The zero-order chi connectivity index (χ0) is 24.0. The summed E-state index contributed by atoms with van der Waals surface area (Å²) in [6.07, 6.45) is 4.77. The Kier molecular flexibility index (Phi) is 8.23. The molecule has 3 rings (SSSR count). The van der Waals surface area contributed by atoms with E-state index in [4.69, 9.17) is 14.2 Å². The lowest BCUT2D eigenvalue weighted by Gasteiger charge is -2.37. The zero-order valence-corrected chi connectivity index (χ0v) is 19.5. The van der Waals surface area contributed by atoms with E-state index in [2.05, 4.69) is 15.3 Å². The van der Waals surface area contributed by atoms with Crippen LogP contribution < -0.4 is 10.1 Å². The number of nitrogens with zero attached hydrogens (tertiary/aromatic N) is 2. The van der Waals surface area contributed by atoms with Gasteiger partial charge in [-0.25, -0.2) is 14.8 Å². The van der Waals surface area contributed by atoms with Crippen molar-refractivity contribution in [2.24, 2.45) is 0 Å². The number of hydrogen-bond acceptors (Lipinski definition) is 8. The zero-order valence-electron chi connectivity index (χ0n) is 19.5. The Balaban J connectivity index is 1.73. The first-order chi connectivity index (χ1) is 15.7. The summed E-state index contributed by atoms with van der Waals surface area (Å²) in [5.41, 5.74) is 1.74. The second-order valence-electron chi connectivity index (χ2n) is 9.10. The third kappa shape index (κ3) is 7.12. The number of rotatable bonds is 7. The molecule has 33 heavy (non-hydrogen) atoms. The van der Waals surface area contributed by atoms with E-state index in [-0.39, 0.29) is 25.2 Å². The second-order valence-corrected chi connectivity index (χ2v) is 9.10. The van der Waals surface area contributed by atoms with Gasteiger partial charge in [-0.3, -0.25) is 0 Å². The molecule has 3 N–H and O–H groups in total. The highest BCUT2D eigenvalue weighted by Crippen LogP contribution is 2.26. The van der Waals surface area contributed by atoms with E-state index in [0.717, 1.165) is 16.6 Å². The summed E-state index contributed by atoms with van der Waals surface area (Å²) in [5, 5.41) is 22.1. The maximum Gasteiger partial charge on any atom is 0.407 e. The van der Waals surface area contributed by atoms with Crippen LogP contribution in [0, 0.1) is 0 Å². The number of carbonyl (C=O) groups excluding carboxylic acids is 1. The first-order valence-corrected chi connectivity index (χ1v) is 11.1. The predicted octanol–water partition coefficient (Wildman–Crippen LogP) is 2.84. The van der Waals surface area contributed by atoms with Gasteiger partial charge in [0.2, 0.25) is 5.88 Å². The smallest absolute Gasteiger partial charge is 0.407 e. The highest BCUT2D eigenvalue weighted by Gasteiger charge is 2.33. The molecule has 0 bridgehead atoms. The minimum absolute atomic E-state index is 0.193. The molecule has 9 heteroatoms. The van der Waals surface area contributed by atoms with Crippen molar-refractivity contribution in [3.63, 3.8) is 0 Å². The van der Waals surface area contributed by atoms with E-state index in [1.807, 2.05) is 30.4 Å². The molecule has 1 aliphatic rings. The number of benzene rings is 1. The Bertz CT molecular complexity index is 974. The standard InChI is InChI=1S/C24H33N3O6/c1-24(2,3)33-23(30)26-18-11-10-17(32-20(18)12-16(29)14-28)9-8-15-6-5-7-19-22(15)27-21(31-4)13-25-19/h5-9,13,16-18,20,28-29H,10-12,14H2,1-4H3,(H,26,30)/b9-8+/t16?,17-,18-,20-/m1/s1. The molecule has 0 saturated carbocycles. The van der Waals surface area contributed by atoms with Crippen LogP contribution in [-0.2, 0) is 9.47 Å². The molecule has 0 aliphatic carbocycles. The SMILES string of the molecule is COc1cnc2cccc(/C=C/[C@@H]3CC[C@@H](NC(=O)OC(C)(C)C)[C@@H](CC(O)CO)O3)c2n1. The highest BCUT2D eigenvalue weighted by atomic mass is 16.6. The van der Waals surface area contributed by atoms with Crippen LogP contribution in [0.2, 0.25) is 0 Å². The van der Waals surface area contributed by atoms with E-state index in [1.165, 1.54) is 0 Å². The van der Waals surface area contributed by atoms with E-state index < -0.39 is 23.9 Å². The molecule has 180 valence electrons. The first-order valence-electron chi connectivity index (χ1n) is 11.1. The summed E-state index contributed by atoms with van der Waals surface area (Å²) in [6, 6.07) is 5.40. The van der Waals surface area contributed by atoms with Crippen LogP contribution in [0.15, 0.2) is 30.5 Å². The van der Waals surface area contributed by atoms with Crippen molar-refractivity contribution >= 4 is 23.2 Å². The number of nitrogens with one attached hydrogen (secondary N) is 1. The van der Waals surface area contributed by atoms with Gasteiger partial charge in [0.05, 0.1) is 55.3 Å². The van der Waals surface area contributed by atoms with Crippen molar-refractivity contribution in [2.75, 3.05) is 13.7 Å². The van der Waals surface area contributed by atoms with Crippen LogP contribution in [0.1, 0.15) is 45.6 Å². The van der Waals surface area contributed by atoms with Crippen molar-refractivity contribution in [2.45, 2.75) is 70.0 Å². The van der Waals surface area contributed by atoms with Gasteiger partial charge in [0.1, 0.15) is 5.60 Å². The fourth-order valence-corrected chi connectivity index (χ4v) is 3.73. The number of aliphatic hydroxyl groups excluding tert-OH is 2. The molecule has 1 fully saturated rings. The number of carbonyl (C=O) groups is 1. The summed E-state index contributed by atoms with van der Waals surface area (Å²) in [7, 11) is 1.55. The highest BCUT2D eigenvalue weighted by molar-refractivity contribution is 5.84. The normalized spacial score (nSPS) is 22.3. The quantitative estimate of drug-likeness (QED) is 0.578. The number of aromatic nitrogens is 2. The molecule has 1 amide bonds. The number of para-hydroxylation sites is 1. The monoisotopic (exact) mass is 459 g/mol. The van der Waals surface area contributed by atoms with Gasteiger partial charge < -0.3 is 29.7 Å². The molecule has 1 aromatic heterocycles. The molecule has 1 aromatic carbocycles. The van der Waals surface area contributed by atoms with E-state index in [9.17, 15) is 15.0 Å². The number of methoxy groups -OCH3 is 1. The molecule has 9 nitrogen and oxygen atoms in total. The lowest BCUT2D eigenvalue weighted by atomic mass is 9.94. The minimum Gasteiger partial charge on any atom is -0.480 e. The van der Waals surface area contributed by atoms with Gasteiger partial charge in [0.15, 0.2) is 0 Å². The molecule has 2 heterocycles. The van der Waals surface area contributed by atoms with Crippen LogP contribution in [0.4, 0.5) is 4.79 Å². The lowest BCUT2D eigenvalue weighted by Crippen LogP contribution is -2.51. The van der Waals surface area contributed by atoms with Crippen molar-refractivity contribution in [1.82, 2.24) is 15.3 Å². The number of hydrogen-bond donors (Lipinski definition) is 3. The summed E-state index contributed by atoms with van der Waals surface area (Å²) >= 11 is 0. The Hall–Kier alpha value is -2.75. The predicted molar refractivity (Wildman–Crippen MR) is 124 cm³/mol. The van der Waals surface area contributed by atoms with Crippen LogP contribution in [0.3, 0.4) is 0 Å². The number of ether oxygens (including phenoxy) is 3. The second kappa shape index (κ2) is 10.9. The van der Waals surface area contributed by atoms with Crippen molar-refractivity contribution in [3.05, 3.63) is 36.0 Å². The van der Waals surface area contributed by atoms with Gasteiger partial charge in [0.25, 0.3) is 0 Å². The summed E-state index contributed by atoms with van der Waals surface area (Å²) in [6.45, 7) is 5.01. The third-order valence-corrected chi connectivity index (χ3v) is 5.26. The van der Waals surface area contributed by atoms with Gasteiger partial charge in [0, 0.05) is 12.0 Å². The van der Waals surface area contributed by atoms with Gasteiger partial charge >= 0.3 is 6.09 Å². The van der Waals surface area contributed by atoms with Gasteiger partial charge in [-0.05, 0) is 39.7 Å². The maximum atomic E-state index is 12.3. The first kappa shape index (κ1) is 24.9. The van der Waals surface area contributed by atoms with Gasteiger partial charge in [-0.15, -0.1) is 0 Å². The Morgan fingerprint density at radius 2 is 2.15 bits per heavy atom. The lowest BCUT2D eigenvalue weighted by molar-refractivity contribution is -0.0728. The number of alkyl carbamates (subject to hydrolysis) is 1. The van der Waals surface area contributed by atoms with E-state index >= 15 is 0 Å². The van der Waals surface area contributed by atoms with Crippen LogP contribution in [-0.4, -0.2) is 69.9 Å². The number of aliphatic hydroxyl groups is 2. The van der Waals surface area contributed by atoms with E-state index in [1.54, 1.807) is 34.1 Å². The average Bonchev–Trinajstić information content (AvgIpc) is 2.77. The minimum atomic E-state index is -0.943. The molecule has 4 atom stereocenters. The molecular weight excluding hydrogens is 426 g/mol. The van der Waals surface area contributed by atoms with Crippen LogP contribution >= 0.6 is 0 Å². The topological polar surface area (TPSA) is 123 Å². The van der Waals surface area contributed by atoms with Crippen LogP contribution in [0.25, 0.3) is 17.1 Å². The molecular formula is C24H33N3O6. The Labute approximate surface area is 193 Å².